The topological polar surface area (TPSA) is 82.9 Å². The second-order valence-electron chi connectivity index (χ2n) is 7.16. The number of benzene rings is 3. The van der Waals surface area contributed by atoms with Crippen LogP contribution in [-0.2, 0) is 6.61 Å². The Balaban J connectivity index is 1.57. The Bertz CT molecular complexity index is 1350. The minimum atomic E-state index is 0.357. The molecule has 0 fully saturated rings. The minimum absolute atomic E-state index is 0.357. The molecule has 0 radical (unpaired) electrons. The van der Waals surface area contributed by atoms with Gasteiger partial charge in [0, 0.05) is 5.56 Å². The number of nitrogens with one attached hydrogen (secondary N) is 1. The number of hydrogen-bond acceptors (Lipinski definition) is 7. The standard InChI is InChI=1S/C25H24N4O4S/c1-30-20-12-10-19(14-23(20)32-3)24-27-28-25(34)29(24)26-15-18-9-11-21(22(13-18)31-2)33-16-17-7-5-4-6-8-17/h4-15H,16H2,1-3H3,(H,28,34)/b26-15-. The lowest BCUT2D eigenvalue weighted by Crippen LogP contribution is -1.99. The van der Waals surface area contributed by atoms with Gasteiger partial charge in [-0.15, -0.1) is 0 Å². The number of aromatic amines is 1. The first-order valence-electron chi connectivity index (χ1n) is 10.4. The van der Waals surface area contributed by atoms with E-state index in [1.165, 1.54) is 0 Å². The summed E-state index contributed by atoms with van der Waals surface area (Å²) in [6.07, 6.45) is 1.68. The summed E-state index contributed by atoms with van der Waals surface area (Å²) < 4.78 is 24.1. The van der Waals surface area contributed by atoms with Gasteiger partial charge in [-0.2, -0.15) is 14.9 Å². The van der Waals surface area contributed by atoms with Crippen molar-refractivity contribution >= 4 is 18.4 Å². The van der Waals surface area contributed by atoms with Gasteiger partial charge in [-0.25, -0.2) is 5.10 Å². The van der Waals surface area contributed by atoms with Crippen LogP contribution in [0.1, 0.15) is 11.1 Å². The Morgan fingerprint density at radius 1 is 0.882 bits per heavy atom. The Morgan fingerprint density at radius 2 is 1.59 bits per heavy atom. The third-order valence-electron chi connectivity index (χ3n) is 5.04. The number of nitrogens with zero attached hydrogens (tertiary/aromatic N) is 3. The molecule has 4 rings (SSSR count). The number of aromatic nitrogens is 3. The van der Waals surface area contributed by atoms with Gasteiger partial charge in [-0.1, -0.05) is 30.3 Å². The van der Waals surface area contributed by atoms with Crippen LogP contribution in [0.3, 0.4) is 0 Å². The zero-order valence-electron chi connectivity index (χ0n) is 19.0. The van der Waals surface area contributed by atoms with Gasteiger partial charge >= 0.3 is 0 Å². The van der Waals surface area contributed by atoms with Crippen molar-refractivity contribution in [1.29, 1.82) is 0 Å². The molecule has 4 aromatic rings. The van der Waals surface area contributed by atoms with E-state index in [4.69, 9.17) is 31.2 Å². The number of H-pyrrole nitrogens is 1. The van der Waals surface area contributed by atoms with Crippen molar-refractivity contribution in [3.8, 4) is 34.4 Å². The molecule has 1 aromatic heterocycles. The van der Waals surface area contributed by atoms with Crippen molar-refractivity contribution in [3.05, 3.63) is 82.6 Å². The molecule has 0 amide bonds. The molecule has 0 aliphatic heterocycles. The van der Waals surface area contributed by atoms with Crippen LogP contribution in [0.2, 0.25) is 0 Å². The van der Waals surface area contributed by atoms with Gasteiger partial charge in [0.2, 0.25) is 4.77 Å². The number of ether oxygens (including phenoxy) is 4. The third-order valence-corrected chi connectivity index (χ3v) is 5.30. The molecule has 0 atom stereocenters. The fourth-order valence-electron chi connectivity index (χ4n) is 3.30. The molecule has 8 nitrogen and oxygen atoms in total. The fourth-order valence-corrected chi connectivity index (χ4v) is 3.48. The second kappa shape index (κ2) is 10.7. The number of rotatable bonds is 9. The van der Waals surface area contributed by atoms with E-state index >= 15 is 0 Å². The highest BCUT2D eigenvalue weighted by molar-refractivity contribution is 7.71. The van der Waals surface area contributed by atoms with Gasteiger partial charge in [0.15, 0.2) is 28.8 Å². The van der Waals surface area contributed by atoms with E-state index in [2.05, 4.69) is 15.3 Å². The molecule has 1 heterocycles. The summed E-state index contributed by atoms with van der Waals surface area (Å²) >= 11 is 5.38. The van der Waals surface area contributed by atoms with E-state index < -0.39 is 0 Å². The fraction of sp³-hybridized carbons (Fsp3) is 0.160. The van der Waals surface area contributed by atoms with E-state index in [0.717, 1.165) is 16.7 Å². The van der Waals surface area contributed by atoms with E-state index in [0.29, 0.717) is 40.2 Å². The first kappa shape index (κ1) is 23.1. The van der Waals surface area contributed by atoms with Crippen molar-refractivity contribution in [2.45, 2.75) is 6.61 Å². The maximum Gasteiger partial charge on any atom is 0.216 e. The van der Waals surface area contributed by atoms with Crippen LogP contribution in [0.5, 0.6) is 23.0 Å². The van der Waals surface area contributed by atoms with Gasteiger partial charge in [-0.05, 0) is 59.7 Å². The lowest BCUT2D eigenvalue weighted by atomic mass is 10.2. The Hall–Kier alpha value is -4.11. The predicted molar refractivity (Wildman–Crippen MR) is 133 cm³/mol. The highest BCUT2D eigenvalue weighted by atomic mass is 32.1. The molecule has 0 saturated heterocycles. The van der Waals surface area contributed by atoms with Crippen molar-refractivity contribution in [2.75, 3.05) is 21.3 Å². The highest BCUT2D eigenvalue weighted by Crippen LogP contribution is 2.32. The Labute approximate surface area is 202 Å². The van der Waals surface area contributed by atoms with Crippen molar-refractivity contribution in [1.82, 2.24) is 14.9 Å². The molecule has 0 saturated carbocycles. The van der Waals surface area contributed by atoms with E-state index in [1.54, 1.807) is 38.3 Å². The van der Waals surface area contributed by atoms with Gasteiger partial charge in [0.05, 0.1) is 27.5 Å². The maximum absolute atomic E-state index is 5.93. The monoisotopic (exact) mass is 476 g/mol. The van der Waals surface area contributed by atoms with E-state index in [-0.39, 0.29) is 0 Å². The van der Waals surface area contributed by atoms with Crippen LogP contribution in [0.25, 0.3) is 11.4 Å². The number of hydrogen-bond donors (Lipinski definition) is 1. The maximum atomic E-state index is 5.93. The van der Waals surface area contributed by atoms with Crippen LogP contribution >= 0.6 is 12.2 Å². The summed E-state index contributed by atoms with van der Waals surface area (Å²) in [5, 5.41) is 11.6. The van der Waals surface area contributed by atoms with Crippen molar-refractivity contribution in [3.63, 3.8) is 0 Å². The van der Waals surface area contributed by atoms with Crippen LogP contribution in [0, 0.1) is 4.77 Å². The molecule has 0 bridgehead atoms. The van der Waals surface area contributed by atoms with Crippen LogP contribution < -0.4 is 18.9 Å². The van der Waals surface area contributed by atoms with E-state index in [1.807, 2.05) is 60.7 Å². The summed E-state index contributed by atoms with van der Waals surface area (Å²) in [6, 6.07) is 21.0. The van der Waals surface area contributed by atoms with Gasteiger partial charge in [-0.3, -0.25) is 0 Å². The zero-order valence-corrected chi connectivity index (χ0v) is 19.8. The quantitative estimate of drug-likeness (QED) is 0.268. The zero-order chi connectivity index (χ0) is 23.9. The Kier molecular flexibility index (Phi) is 7.24. The smallest absolute Gasteiger partial charge is 0.216 e. The van der Waals surface area contributed by atoms with Crippen molar-refractivity contribution in [2.24, 2.45) is 5.10 Å². The lowest BCUT2D eigenvalue weighted by molar-refractivity contribution is 0.284. The predicted octanol–water partition coefficient (Wildman–Crippen LogP) is 5.09. The summed E-state index contributed by atoms with van der Waals surface area (Å²) in [4.78, 5) is 0. The molecule has 0 aliphatic rings. The van der Waals surface area contributed by atoms with Crippen LogP contribution in [-0.4, -0.2) is 42.4 Å². The Morgan fingerprint density at radius 3 is 2.32 bits per heavy atom. The SMILES string of the molecule is COc1ccc(-c2n[nH]c(=S)n2/N=C\c2ccc(OCc3ccccc3)c(OC)c2)cc1OC. The summed E-state index contributed by atoms with van der Waals surface area (Å²) in [5.74, 6) is 3.00. The minimum Gasteiger partial charge on any atom is -0.493 e. The lowest BCUT2D eigenvalue weighted by Gasteiger charge is -2.11. The molecule has 3 aromatic carbocycles. The molecule has 0 unspecified atom stereocenters. The molecule has 34 heavy (non-hydrogen) atoms. The molecule has 1 N–H and O–H groups in total. The molecule has 0 spiro atoms. The first-order valence-corrected chi connectivity index (χ1v) is 10.8. The average Bonchev–Trinajstić information content (AvgIpc) is 3.26. The van der Waals surface area contributed by atoms with Gasteiger partial charge in [0.25, 0.3) is 0 Å². The second-order valence-corrected chi connectivity index (χ2v) is 7.55. The average molecular weight is 477 g/mol. The van der Waals surface area contributed by atoms with Crippen molar-refractivity contribution < 1.29 is 18.9 Å². The van der Waals surface area contributed by atoms with Crippen LogP contribution in [0.15, 0.2) is 71.8 Å². The normalized spacial score (nSPS) is 10.9. The van der Waals surface area contributed by atoms with Crippen LogP contribution in [0.4, 0.5) is 0 Å². The summed E-state index contributed by atoms with van der Waals surface area (Å²) in [6.45, 7) is 0.448. The molecular formula is C25H24N4O4S. The van der Waals surface area contributed by atoms with Gasteiger partial charge in [0.1, 0.15) is 6.61 Å². The first-order chi connectivity index (χ1) is 16.6. The number of methoxy groups -OCH3 is 3. The molecule has 9 heteroatoms. The summed E-state index contributed by atoms with van der Waals surface area (Å²) in [5.41, 5.74) is 2.65. The molecule has 174 valence electrons. The summed E-state index contributed by atoms with van der Waals surface area (Å²) in [7, 11) is 4.77. The molecule has 0 aliphatic carbocycles. The highest BCUT2D eigenvalue weighted by Gasteiger charge is 2.12. The van der Waals surface area contributed by atoms with E-state index in [9.17, 15) is 0 Å². The van der Waals surface area contributed by atoms with Gasteiger partial charge < -0.3 is 18.9 Å². The largest absolute Gasteiger partial charge is 0.493 e. The third kappa shape index (κ3) is 5.10. The molecular weight excluding hydrogens is 452 g/mol.